The van der Waals surface area contributed by atoms with Crippen LogP contribution in [-0.2, 0) is 14.1 Å². The van der Waals surface area contributed by atoms with Gasteiger partial charge in [0.05, 0.1) is 26.2 Å². The Bertz CT molecular complexity index is 826. The van der Waals surface area contributed by atoms with Crippen molar-refractivity contribution in [2.24, 2.45) is 5.41 Å². The fourth-order valence-electron chi connectivity index (χ4n) is 5.44. The number of esters is 1. The van der Waals surface area contributed by atoms with Gasteiger partial charge in [-0.05, 0) is 38.3 Å². The van der Waals surface area contributed by atoms with E-state index in [0.717, 1.165) is 32.1 Å². The Morgan fingerprint density at radius 2 is 1.39 bits per heavy atom. The Morgan fingerprint density at radius 3 is 1.86 bits per heavy atom. The van der Waals surface area contributed by atoms with Crippen LogP contribution < -0.4 is 9.47 Å². The maximum Gasteiger partial charge on any atom is 0.324 e. The molecule has 0 N–H and O–H groups in total. The summed E-state index contributed by atoms with van der Waals surface area (Å²) in [4.78, 5) is 27.4. The van der Waals surface area contributed by atoms with Gasteiger partial charge >= 0.3 is 5.97 Å². The van der Waals surface area contributed by atoms with Gasteiger partial charge in [0.15, 0.2) is 19.4 Å². The van der Waals surface area contributed by atoms with Gasteiger partial charge in [-0.25, -0.2) is 0 Å². The molecule has 0 bridgehead atoms. The number of carbonyl (C=O) groups is 2. The van der Waals surface area contributed by atoms with Gasteiger partial charge in [-0.2, -0.15) is 0 Å². The SMILES string of the molecule is CCCCCCCCCCCCOC(=O)C(C)(P=O)C1(C(=O)c2c(OC)cccc2OC)CCCC1. The van der Waals surface area contributed by atoms with E-state index in [-0.39, 0.29) is 12.4 Å². The van der Waals surface area contributed by atoms with Crippen LogP contribution >= 0.6 is 8.46 Å². The van der Waals surface area contributed by atoms with E-state index in [2.05, 4.69) is 6.92 Å². The van der Waals surface area contributed by atoms with Crippen molar-refractivity contribution in [3.8, 4) is 11.5 Å². The molecule has 0 heterocycles. The zero-order valence-electron chi connectivity index (χ0n) is 22.7. The molecule has 0 spiro atoms. The lowest BCUT2D eigenvalue weighted by Crippen LogP contribution is -2.52. The van der Waals surface area contributed by atoms with Crippen molar-refractivity contribution >= 4 is 20.2 Å². The highest BCUT2D eigenvalue weighted by molar-refractivity contribution is 7.28. The number of Topliss-reactive ketones (excluding diaryl/α,β-unsaturated/α-hetero) is 1. The van der Waals surface area contributed by atoms with Crippen molar-refractivity contribution in [3.05, 3.63) is 23.8 Å². The van der Waals surface area contributed by atoms with E-state index in [1.54, 1.807) is 25.1 Å². The van der Waals surface area contributed by atoms with E-state index in [1.165, 1.54) is 59.2 Å². The van der Waals surface area contributed by atoms with E-state index in [9.17, 15) is 14.2 Å². The minimum atomic E-state index is -1.48. The molecule has 0 saturated heterocycles. The summed E-state index contributed by atoms with van der Waals surface area (Å²) < 4.78 is 29.2. The first-order chi connectivity index (χ1) is 17.4. The van der Waals surface area contributed by atoms with Crippen molar-refractivity contribution in [1.29, 1.82) is 0 Å². The number of unbranched alkanes of at least 4 members (excludes halogenated alkanes) is 9. The second-order valence-corrected chi connectivity index (χ2v) is 11.2. The summed E-state index contributed by atoms with van der Waals surface area (Å²) in [6, 6.07) is 5.16. The number of hydrogen-bond donors (Lipinski definition) is 0. The molecule has 1 aromatic carbocycles. The average Bonchev–Trinajstić information content (AvgIpc) is 3.41. The third-order valence-electron chi connectivity index (χ3n) is 7.79. The van der Waals surface area contributed by atoms with E-state index < -0.39 is 25.0 Å². The Balaban J connectivity index is 2.02. The Kier molecular flexibility index (Phi) is 12.9. The van der Waals surface area contributed by atoms with Crippen LogP contribution in [-0.4, -0.2) is 37.7 Å². The monoisotopic (exact) mass is 520 g/mol. The summed E-state index contributed by atoms with van der Waals surface area (Å²) in [5.41, 5.74) is -0.852. The summed E-state index contributed by atoms with van der Waals surface area (Å²) in [7, 11) is 2.59. The topological polar surface area (TPSA) is 78.9 Å². The number of carbonyl (C=O) groups excluding carboxylic acids is 2. The average molecular weight is 521 g/mol. The molecule has 1 aliphatic carbocycles. The molecule has 1 atom stereocenters. The first-order valence-corrected chi connectivity index (χ1v) is 14.5. The maximum atomic E-state index is 14.1. The number of rotatable bonds is 18. The molecule has 0 amide bonds. The number of benzene rings is 1. The first kappa shape index (κ1) is 30.3. The molecule has 2 rings (SSSR count). The summed E-state index contributed by atoms with van der Waals surface area (Å²) in [6.07, 6.45) is 14.4. The van der Waals surface area contributed by atoms with Crippen LogP contribution in [0.15, 0.2) is 18.2 Å². The van der Waals surface area contributed by atoms with Gasteiger partial charge in [-0.1, -0.05) is 83.6 Å². The number of hydrogen-bond acceptors (Lipinski definition) is 6. The molecular weight excluding hydrogens is 475 g/mol. The van der Waals surface area contributed by atoms with Gasteiger partial charge in [0.25, 0.3) is 0 Å². The van der Waals surface area contributed by atoms with Crippen LogP contribution in [0.1, 0.15) is 114 Å². The highest BCUT2D eigenvalue weighted by Gasteiger charge is 2.61. The molecule has 1 fully saturated rings. The zero-order valence-corrected chi connectivity index (χ0v) is 23.6. The molecule has 1 aliphatic rings. The number of methoxy groups -OCH3 is 2. The Labute approximate surface area is 219 Å². The highest BCUT2D eigenvalue weighted by atomic mass is 31.1. The first-order valence-electron chi connectivity index (χ1n) is 13.7. The van der Waals surface area contributed by atoms with Crippen LogP contribution in [0.5, 0.6) is 11.5 Å². The molecule has 7 heteroatoms. The zero-order chi connectivity index (χ0) is 26.4. The van der Waals surface area contributed by atoms with Crippen molar-refractivity contribution in [2.45, 2.75) is 109 Å². The fourth-order valence-corrected chi connectivity index (χ4v) is 6.08. The molecule has 36 heavy (non-hydrogen) atoms. The molecular formula is C29H45O6P. The van der Waals surface area contributed by atoms with Crippen molar-refractivity contribution < 1.29 is 28.4 Å². The van der Waals surface area contributed by atoms with Crippen LogP contribution in [0.2, 0.25) is 0 Å². The minimum absolute atomic E-state index is 0.268. The summed E-state index contributed by atoms with van der Waals surface area (Å²) >= 11 is 0. The molecule has 1 unspecified atom stereocenters. The molecule has 202 valence electrons. The molecule has 1 saturated carbocycles. The van der Waals surface area contributed by atoms with Crippen LogP contribution in [0.25, 0.3) is 0 Å². The van der Waals surface area contributed by atoms with Crippen LogP contribution in [0, 0.1) is 5.41 Å². The second kappa shape index (κ2) is 15.3. The fraction of sp³-hybridized carbons (Fsp3) is 0.724. The van der Waals surface area contributed by atoms with Gasteiger partial charge in [0.2, 0.25) is 0 Å². The number of ketones is 1. The molecule has 0 radical (unpaired) electrons. The molecule has 0 aliphatic heterocycles. The van der Waals surface area contributed by atoms with E-state index in [0.29, 0.717) is 29.9 Å². The Morgan fingerprint density at radius 1 is 0.889 bits per heavy atom. The maximum absolute atomic E-state index is 14.1. The second-order valence-electron chi connectivity index (χ2n) is 10.1. The molecule has 1 aromatic rings. The smallest absolute Gasteiger partial charge is 0.324 e. The Hall–Kier alpha value is -1.94. The van der Waals surface area contributed by atoms with Gasteiger partial charge in [0.1, 0.15) is 17.1 Å². The lowest BCUT2D eigenvalue weighted by molar-refractivity contribution is -0.149. The van der Waals surface area contributed by atoms with Crippen LogP contribution in [0.4, 0.5) is 0 Å². The van der Waals surface area contributed by atoms with Gasteiger partial charge in [0, 0.05) is 0 Å². The van der Waals surface area contributed by atoms with Crippen molar-refractivity contribution in [2.75, 3.05) is 20.8 Å². The quantitative estimate of drug-likeness (QED) is 0.0845. The normalized spacial score (nSPS) is 16.4. The lowest BCUT2D eigenvalue weighted by atomic mass is 9.68. The van der Waals surface area contributed by atoms with Gasteiger partial charge in [-0.15, -0.1) is 0 Å². The van der Waals surface area contributed by atoms with Crippen LogP contribution in [0.3, 0.4) is 0 Å². The summed E-state index contributed by atoms with van der Waals surface area (Å²) in [5, 5.41) is -1.48. The number of ether oxygens (including phenoxy) is 3. The van der Waals surface area contributed by atoms with Gasteiger partial charge < -0.3 is 14.2 Å². The summed E-state index contributed by atoms with van der Waals surface area (Å²) in [6.45, 7) is 4.12. The lowest BCUT2D eigenvalue weighted by Gasteiger charge is -2.39. The third-order valence-corrected chi connectivity index (χ3v) is 8.77. The predicted octanol–water partition coefficient (Wildman–Crippen LogP) is 7.96. The minimum Gasteiger partial charge on any atom is -0.496 e. The standard InChI is InChI=1S/C29H45O6P/c1-5-6-7-8-9-10-11-12-13-16-22-35-27(31)28(2,36-32)29(20-14-15-21-29)26(30)25-23(33-3)18-17-19-24(25)34-4/h17-19H,5-16,20-22H2,1-4H3. The predicted molar refractivity (Wildman–Crippen MR) is 144 cm³/mol. The largest absolute Gasteiger partial charge is 0.496 e. The summed E-state index contributed by atoms with van der Waals surface area (Å²) in [5.74, 6) is -0.0706. The van der Waals surface area contributed by atoms with E-state index >= 15 is 0 Å². The van der Waals surface area contributed by atoms with E-state index in [1.807, 2.05) is 0 Å². The van der Waals surface area contributed by atoms with E-state index in [4.69, 9.17) is 14.2 Å². The van der Waals surface area contributed by atoms with Gasteiger partial charge in [-0.3, -0.25) is 14.2 Å². The van der Waals surface area contributed by atoms with Crippen molar-refractivity contribution in [3.63, 3.8) is 0 Å². The molecule has 0 aromatic heterocycles. The molecule has 6 nitrogen and oxygen atoms in total. The van der Waals surface area contributed by atoms with Crippen molar-refractivity contribution in [1.82, 2.24) is 0 Å². The third kappa shape index (κ3) is 7.09. The highest BCUT2D eigenvalue weighted by Crippen LogP contribution is 2.56.